The average molecular weight is 1020 g/mol. The molecule has 0 unspecified atom stereocenters. The summed E-state index contributed by atoms with van der Waals surface area (Å²) in [6, 6.07) is 20.0. The van der Waals surface area contributed by atoms with Gasteiger partial charge >= 0.3 is 12.2 Å². The zero-order chi connectivity index (χ0) is 52.0. The van der Waals surface area contributed by atoms with E-state index in [-0.39, 0.29) is 70.5 Å². The van der Waals surface area contributed by atoms with Gasteiger partial charge in [-0.2, -0.15) is 0 Å². The van der Waals surface area contributed by atoms with Gasteiger partial charge in [-0.05, 0) is 91.0 Å². The van der Waals surface area contributed by atoms with Crippen molar-refractivity contribution >= 4 is 17.9 Å². The molecule has 3 N–H and O–H groups in total. The molecule has 3 aromatic carbocycles. The number of nitrogens with zero attached hydrogens (tertiary/aromatic N) is 2. The SMILES string of the molecule is C=CCO[C@@]12Oc3ccc(OC(=O)NCCCCCCCCCCCC)cc3[C@H]3[C@H](CCCCO)[C@@H](CCCCO)C=C(C(=NOC)C[C@@H]1N(Cc1ccc4c(c1)OCO4)C(=O)OCCOCc1ccccc1)[C@H]32. The summed E-state index contributed by atoms with van der Waals surface area (Å²) in [4.78, 5) is 35.8. The minimum Gasteiger partial charge on any atom is -0.459 e. The standard InChI is InChI=1S/C59H81N3O12/c1-4-6-7-8-9-10-11-12-13-19-30-60-57(65)73-46-27-29-51-49(38-46)55-47(25-18-21-32-64)45(24-17-20-31-63)37-48-50(61-67-3)39-54(59(74-51,56(48)55)72-33-5-2)62(40-44-26-28-52-53(36-44)71-42-70-52)58(66)69-35-34-68-41-43-22-15-14-16-23-43/h5,14-16,22-23,26-29,36-38,45,47,54-56,63-64H,2,4,6-13,17-21,24-25,30-35,39-42H2,1,3H3,(H,60,65)/t45-,47+,54-,55+,56+,59+/m0/s1. The van der Waals surface area contributed by atoms with Crippen LogP contribution in [-0.2, 0) is 32.2 Å². The number of oxime groups is 1. The van der Waals surface area contributed by atoms with Crippen LogP contribution in [0.1, 0.15) is 139 Å². The van der Waals surface area contributed by atoms with E-state index in [9.17, 15) is 15.0 Å². The number of amides is 2. The number of fused-ring (bicyclic) bond motifs is 3. The summed E-state index contributed by atoms with van der Waals surface area (Å²) in [6.45, 7) is 7.69. The lowest BCUT2D eigenvalue weighted by Crippen LogP contribution is -2.70. The van der Waals surface area contributed by atoms with Crippen molar-refractivity contribution in [3.05, 3.63) is 108 Å². The monoisotopic (exact) mass is 1020 g/mol. The van der Waals surface area contributed by atoms with E-state index in [0.717, 1.165) is 67.2 Å². The molecule has 2 heterocycles. The van der Waals surface area contributed by atoms with E-state index in [0.29, 0.717) is 54.7 Å². The van der Waals surface area contributed by atoms with E-state index in [1.54, 1.807) is 17.0 Å². The minimum absolute atomic E-state index is 0.0117. The highest BCUT2D eigenvalue weighted by atomic mass is 16.7. The number of aliphatic hydroxyl groups is 2. The number of ether oxygens (including phenoxy) is 7. The van der Waals surface area contributed by atoms with Gasteiger partial charge in [0.1, 0.15) is 31.3 Å². The predicted molar refractivity (Wildman–Crippen MR) is 283 cm³/mol. The maximum atomic E-state index is 15.0. The van der Waals surface area contributed by atoms with E-state index in [1.807, 2.05) is 60.7 Å². The topological polar surface area (TPSA) is 176 Å². The van der Waals surface area contributed by atoms with Crippen molar-refractivity contribution in [1.82, 2.24) is 10.2 Å². The minimum atomic E-state index is -1.55. The van der Waals surface area contributed by atoms with Gasteiger partial charge in [-0.25, -0.2) is 9.59 Å². The molecule has 15 nitrogen and oxygen atoms in total. The van der Waals surface area contributed by atoms with E-state index >= 15 is 4.79 Å². The van der Waals surface area contributed by atoms with E-state index in [4.69, 9.17) is 43.2 Å². The van der Waals surface area contributed by atoms with Gasteiger partial charge in [0, 0.05) is 44.2 Å². The molecular formula is C59H81N3O12. The molecule has 0 saturated heterocycles. The molecule has 7 rings (SSSR count). The fourth-order valence-electron chi connectivity index (χ4n) is 11.3. The van der Waals surface area contributed by atoms with Gasteiger partial charge < -0.3 is 53.5 Å². The van der Waals surface area contributed by atoms with E-state index < -0.39 is 29.9 Å². The summed E-state index contributed by atoms with van der Waals surface area (Å²) in [5.74, 6) is -0.425. The number of benzene rings is 3. The smallest absolute Gasteiger partial charge is 0.412 e. The van der Waals surface area contributed by atoms with Crippen molar-refractivity contribution in [2.75, 3.05) is 53.5 Å². The largest absolute Gasteiger partial charge is 0.459 e. The van der Waals surface area contributed by atoms with Gasteiger partial charge in [0.05, 0.1) is 31.5 Å². The first kappa shape index (κ1) is 56.1. The predicted octanol–water partition coefficient (Wildman–Crippen LogP) is 11.5. The lowest BCUT2D eigenvalue weighted by atomic mass is 9.55. The first-order chi connectivity index (χ1) is 36.3. The molecule has 0 radical (unpaired) electrons. The quantitative estimate of drug-likeness (QED) is 0.0307. The van der Waals surface area contributed by atoms with Crippen LogP contribution in [0.5, 0.6) is 23.0 Å². The Kier molecular flexibility index (Phi) is 22.4. The third kappa shape index (κ3) is 14.8. The first-order valence-corrected chi connectivity index (χ1v) is 27.3. The van der Waals surface area contributed by atoms with Crippen molar-refractivity contribution in [3.63, 3.8) is 0 Å². The Morgan fingerprint density at radius 3 is 2.31 bits per heavy atom. The number of unbranched alkanes of at least 4 members (excludes halogenated alkanes) is 11. The Bertz CT molecular complexity index is 2290. The van der Waals surface area contributed by atoms with E-state index in [1.165, 1.54) is 52.1 Å². The van der Waals surface area contributed by atoms with Crippen LogP contribution < -0.4 is 24.3 Å². The molecule has 3 aromatic rings. The number of aliphatic hydroxyl groups excluding tert-OH is 2. The molecule has 0 bridgehead atoms. The van der Waals surface area contributed by atoms with Crippen LogP contribution >= 0.6 is 0 Å². The fourth-order valence-corrected chi connectivity index (χ4v) is 11.3. The number of carbonyl (C=O) groups excluding carboxylic acids is 2. The summed E-state index contributed by atoms with van der Waals surface area (Å²) in [6.07, 6.45) is 19.3. The van der Waals surface area contributed by atoms with Crippen LogP contribution in [0.15, 0.2) is 96.2 Å². The van der Waals surface area contributed by atoms with Crippen LogP contribution in [0.2, 0.25) is 0 Å². The Labute approximate surface area is 438 Å². The second kappa shape index (κ2) is 29.5. The van der Waals surface area contributed by atoms with Gasteiger partial charge in [-0.1, -0.05) is 131 Å². The van der Waals surface area contributed by atoms with Crippen molar-refractivity contribution < 1.29 is 57.8 Å². The number of rotatable bonds is 32. The molecule has 4 aliphatic rings. The molecule has 74 heavy (non-hydrogen) atoms. The molecule has 0 aromatic heterocycles. The van der Waals surface area contributed by atoms with Crippen LogP contribution in [0.4, 0.5) is 9.59 Å². The highest BCUT2D eigenvalue weighted by Crippen LogP contribution is 2.62. The third-order valence-corrected chi connectivity index (χ3v) is 14.8. The maximum Gasteiger partial charge on any atom is 0.412 e. The molecule has 0 spiro atoms. The number of hydrogen-bond donors (Lipinski definition) is 3. The van der Waals surface area contributed by atoms with Crippen molar-refractivity contribution in [3.8, 4) is 23.0 Å². The van der Waals surface area contributed by atoms with Gasteiger partial charge in [-0.15, -0.1) is 6.58 Å². The number of carbonyl (C=O) groups is 2. The number of nitrogens with one attached hydrogen (secondary N) is 1. The summed E-state index contributed by atoms with van der Waals surface area (Å²) in [5, 5.41) is 27.7. The second-order valence-electron chi connectivity index (χ2n) is 19.9. The Morgan fingerprint density at radius 2 is 1.57 bits per heavy atom. The normalized spacial score (nSPS) is 21.7. The molecule has 6 atom stereocenters. The summed E-state index contributed by atoms with van der Waals surface area (Å²) < 4.78 is 44.1. The van der Waals surface area contributed by atoms with Crippen LogP contribution in [0.25, 0.3) is 0 Å². The van der Waals surface area contributed by atoms with Crippen LogP contribution in [0.3, 0.4) is 0 Å². The van der Waals surface area contributed by atoms with Crippen molar-refractivity contribution in [2.45, 2.75) is 147 Å². The molecule has 2 amide bonds. The zero-order valence-corrected chi connectivity index (χ0v) is 43.9. The number of hydrogen-bond acceptors (Lipinski definition) is 13. The lowest BCUT2D eigenvalue weighted by molar-refractivity contribution is -0.256. The molecule has 1 fully saturated rings. The molecule has 2 aliphatic heterocycles. The van der Waals surface area contributed by atoms with Gasteiger partial charge in [0.15, 0.2) is 11.5 Å². The molecule has 404 valence electrons. The Morgan fingerprint density at radius 1 is 0.838 bits per heavy atom. The fraction of sp³-hybridized carbons (Fsp3) is 0.576. The zero-order valence-electron chi connectivity index (χ0n) is 43.9. The average Bonchev–Trinajstić information content (AvgIpc) is 3.92. The summed E-state index contributed by atoms with van der Waals surface area (Å²) in [7, 11) is 1.52. The van der Waals surface area contributed by atoms with Crippen molar-refractivity contribution in [2.24, 2.45) is 22.9 Å². The van der Waals surface area contributed by atoms with Gasteiger partial charge in [0.2, 0.25) is 12.6 Å². The van der Waals surface area contributed by atoms with Gasteiger partial charge in [0.25, 0.3) is 0 Å². The van der Waals surface area contributed by atoms with Crippen LogP contribution in [-0.4, -0.2) is 98.3 Å². The molecule has 15 heteroatoms. The molecular weight excluding hydrogens is 943 g/mol. The Balaban J connectivity index is 1.24. The molecule has 2 aliphatic carbocycles. The lowest BCUT2D eigenvalue weighted by Gasteiger charge is -2.59. The number of allylic oxidation sites excluding steroid dienone is 1. The Hall–Kier alpha value is -5.61. The first-order valence-electron chi connectivity index (χ1n) is 27.3. The van der Waals surface area contributed by atoms with Crippen LogP contribution in [0, 0.1) is 17.8 Å². The second-order valence-corrected chi connectivity index (χ2v) is 19.9. The summed E-state index contributed by atoms with van der Waals surface area (Å²) in [5.41, 5.74) is 4.10. The van der Waals surface area contributed by atoms with Gasteiger partial charge in [-0.3, -0.25) is 4.90 Å². The van der Waals surface area contributed by atoms with Crippen molar-refractivity contribution in [1.29, 1.82) is 0 Å². The highest BCUT2D eigenvalue weighted by molar-refractivity contribution is 6.03. The third-order valence-electron chi connectivity index (χ3n) is 14.8. The molecule has 1 saturated carbocycles. The summed E-state index contributed by atoms with van der Waals surface area (Å²) >= 11 is 0. The van der Waals surface area contributed by atoms with E-state index in [2.05, 4.69) is 24.9 Å². The highest BCUT2D eigenvalue weighted by Gasteiger charge is 2.65. The maximum absolute atomic E-state index is 15.0.